The second-order valence-corrected chi connectivity index (χ2v) is 4.48. The third kappa shape index (κ3) is 4.59. The zero-order valence-corrected chi connectivity index (χ0v) is 10.8. The van der Waals surface area contributed by atoms with Crippen LogP contribution >= 0.6 is 11.8 Å². The Hall–Kier alpha value is -1.50. The molecular weight excluding hydrogens is 281 g/mol. The lowest BCUT2D eigenvalue weighted by atomic mass is 10.1. The van der Waals surface area contributed by atoms with Gasteiger partial charge in [-0.05, 0) is 19.1 Å². The molecular formula is C12H11F3O3S. The molecule has 0 radical (unpaired) electrons. The lowest BCUT2D eigenvalue weighted by Gasteiger charge is -2.12. The van der Waals surface area contributed by atoms with Gasteiger partial charge in [0.15, 0.2) is 0 Å². The van der Waals surface area contributed by atoms with Crippen LogP contribution in [0.5, 0.6) is 0 Å². The first-order chi connectivity index (χ1) is 8.88. The van der Waals surface area contributed by atoms with Gasteiger partial charge in [-0.25, -0.2) is 0 Å². The molecule has 0 atom stereocenters. The van der Waals surface area contributed by atoms with Crippen molar-refractivity contribution in [3.05, 3.63) is 29.3 Å². The van der Waals surface area contributed by atoms with Crippen LogP contribution in [-0.4, -0.2) is 24.6 Å². The van der Waals surface area contributed by atoms with Gasteiger partial charge >= 0.3 is 12.1 Å². The number of benzene rings is 1. The molecule has 3 nitrogen and oxygen atoms in total. The van der Waals surface area contributed by atoms with E-state index in [0.717, 1.165) is 17.8 Å². The van der Waals surface area contributed by atoms with Crippen LogP contribution in [0.4, 0.5) is 13.2 Å². The van der Waals surface area contributed by atoms with Crippen LogP contribution in [0.15, 0.2) is 23.1 Å². The SMILES string of the molecule is CCOC(=O)CSc1ccc(C=O)cc1C(F)(F)F. The van der Waals surface area contributed by atoms with Gasteiger partial charge in [0.2, 0.25) is 0 Å². The maximum absolute atomic E-state index is 12.8. The fraction of sp³-hybridized carbons (Fsp3) is 0.333. The van der Waals surface area contributed by atoms with Gasteiger partial charge in [0, 0.05) is 10.5 Å². The van der Waals surface area contributed by atoms with Gasteiger partial charge < -0.3 is 4.74 Å². The van der Waals surface area contributed by atoms with Crippen LogP contribution in [0.3, 0.4) is 0 Å². The van der Waals surface area contributed by atoms with Crippen LogP contribution < -0.4 is 0 Å². The highest BCUT2D eigenvalue weighted by Gasteiger charge is 2.34. The quantitative estimate of drug-likeness (QED) is 0.475. The van der Waals surface area contributed by atoms with Crippen molar-refractivity contribution >= 4 is 24.0 Å². The molecule has 0 aromatic heterocycles. The van der Waals surface area contributed by atoms with E-state index in [4.69, 9.17) is 0 Å². The number of esters is 1. The maximum atomic E-state index is 12.8. The highest BCUT2D eigenvalue weighted by atomic mass is 32.2. The first-order valence-corrected chi connectivity index (χ1v) is 6.32. The van der Waals surface area contributed by atoms with E-state index >= 15 is 0 Å². The Morgan fingerprint density at radius 3 is 2.63 bits per heavy atom. The number of ether oxygens (including phenoxy) is 1. The van der Waals surface area contributed by atoms with Crippen molar-refractivity contribution in [3.63, 3.8) is 0 Å². The standard InChI is InChI=1S/C12H11F3O3S/c1-2-18-11(17)7-19-10-4-3-8(6-16)5-9(10)12(13,14)15/h3-6H,2,7H2,1H3. The molecule has 1 aromatic carbocycles. The molecule has 0 unspecified atom stereocenters. The van der Waals surface area contributed by atoms with E-state index in [1.54, 1.807) is 6.92 Å². The Kier molecular flexibility index (Phi) is 5.41. The minimum Gasteiger partial charge on any atom is -0.465 e. The van der Waals surface area contributed by atoms with Crippen LogP contribution in [0.25, 0.3) is 0 Å². The number of carbonyl (C=O) groups excluding carboxylic acids is 2. The Balaban J connectivity index is 2.94. The van der Waals surface area contributed by atoms with Gasteiger partial charge in [-0.2, -0.15) is 13.2 Å². The summed E-state index contributed by atoms with van der Waals surface area (Å²) >= 11 is 0.731. The predicted octanol–water partition coefficient (Wildman–Crippen LogP) is 3.17. The number of thioether (sulfide) groups is 1. The van der Waals surface area contributed by atoms with Crippen molar-refractivity contribution in [1.29, 1.82) is 0 Å². The molecule has 0 spiro atoms. The smallest absolute Gasteiger partial charge is 0.417 e. The number of hydrogen-bond acceptors (Lipinski definition) is 4. The summed E-state index contributed by atoms with van der Waals surface area (Å²) in [5, 5.41) is 0. The summed E-state index contributed by atoms with van der Waals surface area (Å²) < 4.78 is 43.0. The summed E-state index contributed by atoms with van der Waals surface area (Å²) in [6.45, 7) is 1.79. The summed E-state index contributed by atoms with van der Waals surface area (Å²) in [4.78, 5) is 21.5. The fourth-order valence-corrected chi connectivity index (χ4v) is 2.16. The molecule has 1 aromatic rings. The van der Waals surface area contributed by atoms with Crippen molar-refractivity contribution < 1.29 is 27.5 Å². The van der Waals surface area contributed by atoms with Crippen molar-refractivity contribution in [2.45, 2.75) is 18.0 Å². The monoisotopic (exact) mass is 292 g/mol. The Morgan fingerprint density at radius 1 is 1.42 bits per heavy atom. The molecule has 1 rings (SSSR count). The van der Waals surface area contributed by atoms with Crippen molar-refractivity contribution in [1.82, 2.24) is 0 Å². The average molecular weight is 292 g/mol. The number of alkyl halides is 3. The van der Waals surface area contributed by atoms with Gasteiger partial charge in [0.25, 0.3) is 0 Å². The third-order valence-electron chi connectivity index (χ3n) is 2.10. The van der Waals surface area contributed by atoms with Crippen molar-refractivity contribution in [3.8, 4) is 0 Å². The molecule has 0 aliphatic heterocycles. The molecule has 0 fully saturated rings. The van der Waals surface area contributed by atoms with Crippen molar-refractivity contribution in [2.75, 3.05) is 12.4 Å². The highest BCUT2D eigenvalue weighted by molar-refractivity contribution is 8.00. The molecule has 19 heavy (non-hydrogen) atoms. The van der Waals surface area contributed by atoms with E-state index in [0.29, 0.717) is 6.29 Å². The molecule has 0 bridgehead atoms. The predicted molar refractivity (Wildman–Crippen MR) is 64.2 cm³/mol. The van der Waals surface area contributed by atoms with Crippen LogP contribution in [0.1, 0.15) is 22.8 Å². The van der Waals surface area contributed by atoms with Crippen LogP contribution in [-0.2, 0) is 15.7 Å². The number of hydrogen-bond donors (Lipinski definition) is 0. The average Bonchev–Trinajstić information content (AvgIpc) is 2.35. The van der Waals surface area contributed by atoms with Crippen LogP contribution in [0.2, 0.25) is 0 Å². The number of halogens is 3. The van der Waals surface area contributed by atoms with Gasteiger partial charge in [-0.15, -0.1) is 11.8 Å². The lowest BCUT2D eigenvalue weighted by Crippen LogP contribution is -2.10. The largest absolute Gasteiger partial charge is 0.465 e. The first-order valence-electron chi connectivity index (χ1n) is 5.33. The second kappa shape index (κ2) is 6.60. The van der Waals surface area contributed by atoms with Crippen LogP contribution in [0, 0.1) is 0 Å². The molecule has 104 valence electrons. The number of rotatable bonds is 5. The topological polar surface area (TPSA) is 43.4 Å². The minimum atomic E-state index is -4.57. The Morgan fingerprint density at radius 2 is 2.11 bits per heavy atom. The summed E-state index contributed by atoms with van der Waals surface area (Å²) in [7, 11) is 0. The molecule has 0 aliphatic carbocycles. The van der Waals surface area contributed by atoms with E-state index in [-0.39, 0.29) is 22.8 Å². The summed E-state index contributed by atoms with van der Waals surface area (Å²) in [5.74, 6) is -0.794. The molecule has 0 amide bonds. The highest BCUT2D eigenvalue weighted by Crippen LogP contribution is 2.37. The normalized spacial score (nSPS) is 11.2. The Bertz CT molecular complexity index is 472. The third-order valence-corrected chi connectivity index (χ3v) is 3.14. The minimum absolute atomic E-state index is 0.0622. The zero-order chi connectivity index (χ0) is 14.5. The van der Waals surface area contributed by atoms with E-state index in [1.165, 1.54) is 12.1 Å². The zero-order valence-electron chi connectivity index (χ0n) is 9.99. The maximum Gasteiger partial charge on any atom is 0.417 e. The number of aldehydes is 1. The first kappa shape index (κ1) is 15.6. The molecule has 7 heteroatoms. The molecule has 0 aliphatic rings. The van der Waals surface area contributed by atoms with Gasteiger partial charge in [-0.1, -0.05) is 6.07 Å². The molecule has 0 saturated heterocycles. The molecule has 0 N–H and O–H groups in total. The van der Waals surface area contributed by atoms with E-state index in [1.807, 2.05) is 0 Å². The van der Waals surface area contributed by atoms with E-state index in [2.05, 4.69) is 4.74 Å². The summed E-state index contributed by atoms with van der Waals surface area (Å²) in [6, 6.07) is 3.21. The van der Waals surface area contributed by atoms with Gasteiger partial charge in [-0.3, -0.25) is 9.59 Å². The summed E-state index contributed by atoms with van der Waals surface area (Å²) in [6.07, 6.45) is -4.23. The van der Waals surface area contributed by atoms with E-state index < -0.39 is 17.7 Å². The summed E-state index contributed by atoms with van der Waals surface area (Å²) in [5.41, 5.74) is -0.987. The Labute approximate surface area is 112 Å². The fourth-order valence-electron chi connectivity index (χ4n) is 1.31. The van der Waals surface area contributed by atoms with Gasteiger partial charge in [0.1, 0.15) is 6.29 Å². The molecule has 0 saturated carbocycles. The molecule has 0 heterocycles. The van der Waals surface area contributed by atoms with Gasteiger partial charge in [0.05, 0.1) is 17.9 Å². The number of carbonyl (C=O) groups is 2. The lowest BCUT2D eigenvalue weighted by molar-refractivity contribution is -0.141. The van der Waals surface area contributed by atoms with E-state index in [9.17, 15) is 22.8 Å². The second-order valence-electron chi connectivity index (χ2n) is 3.46. The van der Waals surface area contributed by atoms with Crippen molar-refractivity contribution in [2.24, 2.45) is 0 Å².